The van der Waals surface area contributed by atoms with Crippen molar-refractivity contribution < 1.29 is 9.47 Å². The number of benzene rings is 2. The van der Waals surface area contributed by atoms with Crippen LogP contribution in [0.15, 0.2) is 47.6 Å². The molecule has 4 rings (SSSR count). The first-order valence-corrected chi connectivity index (χ1v) is 10.2. The number of ether oxygens (including phenoxy) is 2. The lowest BCUT2D eigenvalue weighted by atomic mass is 10.1. The highest BCUT2D eigenvalue weighted by Crippen LogP contribution is 2.37. The number of halogens is 1. The van der Waals surface area contributed by atoms with Gasteiger partial charge in [0.15, 0.2) is 22.3 Å². The highest BCUT2D eigenvalue weighted by atomic mass is 35.5. The zero-order chi connectivity index (χ0) is 20.5. The van der Waals surface area contributed by atoms with Crippen molar-refractivity contribution in [3.05, 3.63) is 47.5 Å². The number of hydrogen-bond donors (Lipinski definition) is 1. The summed E-state index contributed by atoms with van der Waals surface area (Å²) in [6.07, 6.45) is 1.92. The lowest BCUT2D eigenvalue weighted by Crippen LogP contribution is -2.01. The van der Waals surface area contributed by atoms with E-state index < -0.39 is 0 Å². The average molecular weight is 428 g/mol. The maximum Gasteiger partial charge on any atom is 0.190 e. The number of fused-ring (bicyclic) bond motifs is 1. The Bertz CT molecular complexity index is 1190. The molecule has 0 radical (unpaired) electrons. The molecule has 0 unspecified atom stereocenters. The third-order valence-electron chi connectivity index (χ3n) is 4.46. The van der Waals surface area contributed by atoms with Crippen LogP contribution in [-0.2, 0) is 0 Å². The van der Waals surface area contributed by atoms with Gasteiger partial charge >= 0.3 is 0 Å². The van der Waals surface area contributed by atoms with Crippen LogP contribution in [0.2, 0.25) is 5.02 Å². The van der Waals surface area contributed by atoms with Crippen LogP contribution in [0.25, 0.3) is 28.0 Å². The van der Waals surface area contributed by atoms with Gasteiger partial charge in [-0.05, 0) is 48.7 Å². The molecule has 2 aromatic heterocycles. The van der Waals surface area contributed by atoms with E-state index in [0.717, 1.165) is 11.3 Å². The Labute approximate surface area is 176 Å². The molecule has 29 heavy (non-hydrogen) atoms. The molecule has 0 bridgehead atoms. The Hall–Kier alpha value is -2.97. The van der Waals surface area contributed by atoms with E-state index in [1.54, 1.807) is 31.0 Å². The summed E-state index contributed by atoms with van der Waals surface area (Å²) in [7, 11) is 3.19. The van der Waals surface area contributed by atoms with E-state index in [0.29, 0.717) is 44.2 Å². The fourth-order valence-corrected chi connectivity index (χ4v) is 3.54. The Morgan fingerprint density at radius 3 is 2.38 bits per heavy atom. The van der Waals surface area contributed by atoms with E-state index in [2.05, 4.69) is 10.1 Å². The van der Waals surface area contributed by atoms with Crippen molar-refractivity contribution in [2.75, 3.05) is 26.2 Å². The number of nitrogens with two attached hydrogens (primary N) is 1. The molecule has 9 heteroatoms. The molecule has 0 saturated carbocycles. The maximum absolute atomic E-state index is 6.49. The molecule has 0 atom stereocenters. The van der Waals surface area contributed by atoms with Crippen molar-refractivity contribution >= 4 is 40.2 Å². The molecular weight excluding hydrogens is 410 g/mol. The quantitative estimate of drug-likeness (QED) is 0.371. The van der Waals surface area contributed by atoms with Gasteiger partial charge in [0.05, 0.1) is 31.0 Å². The average Bonchev–Trinajstić information content (AvgIpc) is 3.09. The van der Waals surface area contributed by atoms with E-state index in [1.165, 1.54) is 11.8 Å². The molecule has 148 valence electrons. The maximum atomic E-state index is 6.49. The van der Waals surface area contributed by atoms with E-state index in [-0.39, 0.29) is 0 Å². The normalized spacial score (nSPS) is 11.0. The van der Waals surface area contributed by atoms with Crippen LogP contribution < -0.4 is 15.2 Å². The fourth-order valence-electron chi connectivity index (χ4n) is 3.05. The van der Waals surface area contributed by atoms with Gasteiger partial charge < -0.3 is 15.2 Å². The van der Waals surface area contributed by atoms with Crippen LogP contribution in [0.3, 0.4) is 0 Å². The van der Waals surface area contributed by atoms with Crippen molar-refractivity contribution in [2.24, 2.45) is 0 Å². The van der Waals surface area contributed by atoms with Crippen molar-refractivity contribution in [3.8, 4) is 28.4 Å². The van der Waals surface area contributed by atoms with Crippen LogP contribution >= 0.6 is 23.4 Å². The molecule has 0 aliphatic heterocycles. The minimum Gasteiger partial charge on any atom is -0.493 e. The molecule has 7 nitrogen and oxygen atoms in total. The second-order valence-corrected chi connectivity index (χ2v) is 7.31. The van der Waals surface area contributed by atoms with E-state index in [1.807, 2.05) is 36.6 Å². The molecule has 2 heterocycles. The third-order valence-corrected chi connectivity index (χ3v) is 5.26. The second kappa shape index (κ2) is 7.81. The lowest BCUT2D eigenvalue weighted by molar-refractivity contribution is 0.355. The highest BCUT2D eigenvalue weighted by molar-refractivity contribution is 7.98. The molecule has 0 saturated heterocycles. The van der Waals surface area contributed by atoms with Gasteiger partial charge in [-0.3, -0.25) is 0 Å². The third kappa shape index (κ3) is 3.45. The van der Waals surface area contributed by atoms with E-state index in [4.69, 9.17) is 31.8 Å². The van der Waals surface area contributed by atoms with Gasteiger partial charge in [-0.2, -0.15) is 0 Å². The molecule has 4 aromatic rings. The largest absolute Gasteiger partial charge is 0.493 e. The second-order valence-electron chi connectivity index (χ2n) is 6.10. The highest BCUT2D eigenvalue weighted by Gasteiger charge is 2.20. The standard InChI is InChI=1S/C20H18ClN5O2S/c1-27-14-9-4-11(10-15(14)28-2)17-16-18(22)26(13-7-5-12(21)6-8-13)25-19(16)24-20(23-17)29-3/h4-10H,22H2,1-3H3. The van der Waals surface area contributed by atoms with Gasteiger partial charge in [0, 0.05) is 10.6 Å². The van der Waals surface area contributed by atoms with Gasteiger partial charge in [-0.25, -0.2) is 14.6 Å². The van der Waals surface area contributed by atoms with Crippen molar-refractivity contribution in [1.82, 2.24) is 19.7 Å². The number of aromatic nitrogens is 4. The monoisotopic (exact) mass is 427 g/mol. The Morgan fingerprint density at radius 1 is 1.00 bits per heavy atom. The molecule has 2 N–H and O–H groups in total. The number of methoxy groups -OCH3 is 2. The lowest BCUT2D eigenvalue weighted by Gasteiger charge is -2.10. The Kier molecular flexibility index (Phi) is 5.21. The summed E-state index contributed by atoms with van der Waals surface area (Å²) in [6, 6.07) is 12.9. The summed E-state index contributed by atoms with van der Waals surface area (Å²) in [4.78, 5) is 9.24. The summed E-state index contributed by atoms with van der Waals surface area (Å²) in [5.41, 5.74) is 9.30. The summed E-state index contributed by atoms with van der Waals surface area (Å²) in [5, 5.41) is 6.52. The minimum absolute atomic E-state index is 0.444. The predicted molar refractivity (Wildman–Crippen MR) is 116 cm³/mol. The number of nitrogens with zero attached hydrogens (tertiary/aromatic N) is 4. The summed E-state index contributed by atoms with van der Waals surface area (Å²) >= 11 is 7.44. The number of anilines is 1. The molecular formula is C20H18ClN5O2S. The number of hydrogen-bond acceptors (Lipinski definition) is 7. The molecule has 0 amide bonds. The Balaban J connectivity index is 1.97. The van der Waals surface area contributed by atoms with Gasteiger partial charge in [0.25, 0.3) is 0 Å². The molecule has 0 fully saturated rings. The van der Waals surface area contributed by atoms with Gasteiger partial charge in [0.1, 0.15) is 5.82 Å². The van der Waals surface area contributed by atoms with Crippen LogP contribution in [0.4, 0.5) is 5.82 Å². The van der Waals surface area contributed by atoms with Crippen LogP contribution in [0.5, 0.6) is 11.5 Å². The topological polar surface area (TPSA) is 88.1 Å². The molecule has 0 aliphatic carbocycles. The van der Waals surface area contributed by atoms with Gasteiger partial charge in [-0.15, -0.1) is 5.10 Å². The number of nitrogen functional groups attached to an aromatic ring is 1. The van der Waals surface area contributed by atoms with Crippen LogP contribution in [-0.4, -0.2) is 40.2 Å². The fraction of sp³-hybridized carbons (Fsp3) is 0.150. The van der Waals surface area contributed by atoms with Crippen molar-refractivity contribution in [1.29, 1.82) is 0 Å². The molecule has 0 aliphatic rings. The smallest absolute Gasteiger partial charge is 0.190 e. The SMILES string of the molecule is COc1ccc(-c2nc(SC)nc3nn(-c4ccc(Cl)cc4)c(N)c23)cc1OC. The zero-order valence-corrected chi connectivity index (χ0v) is 17.6. The van der Waals surface area contributed by atoms with E-state index in [9.17, 15) is 0 Å². The van der Waals surface area contributed by atoms with Crippen molar-refractivity contribution in [3.63, 3.8) is 0 Å². The van der Waals surface area contributed by atoms with E-state index >= 15 is 0 Å². The van der Waals surface area contributed by atoms with Crippen LogP contribution in [0.1, 0.15) is 0 Å². The van der Waals surface area contributed by atoms with Crippen molar-refractivity contribution in [2.45, 2.75) is 5.16 Å². The Morgan fingerprint density at radius 2 is 1.72 bits per heavy atom. The summed E-state index contributed by atoms with van der Waals surface area (Å²) < 4.78 is 12.4. The predicted octanol–water partition coefficient (Wildman–Crippen LogP) is 4.46. The first-order valence-electron chi connectivity index (χ1n) is 8.64. The zero-order valence-electron chi connectivity index (χ0n) is 16.0. The first-order chi connectivity index (χ1) is 14.0. The van der Waals surface area contributed by atoms with Gasteiger partial charge in [0.2, 0.25) is 0 Å². The molecule has 0 spiro atoms. The summed E-state index contributed by atoms with van der Waals surface area (Å²) in [5.74, 6) is 1.68. The summed E-state index contributed by atoms with van der Waals surface area (Å²) in [6.45, 7) is 0. The van der Waals surface area contributed by atoms with Gasteiger partial charge in [-0.1, -0.05) is 23.4 Å². The molecule has 2 aromatic carbocycles. The first kappa shape index (κ1) is 19.4. The van der Waals surface area contributed by atoms with Crippen LogP contribution in [0, 0.1) is 0 Å². The number of thioether (sulfide) groups is 1. The number of rotatable bonds is 5. The minimum atomic E-state index is 0.444.